The molecule has 0 fully saturated rings. The highest BCUT2D eigenvalue weighted by atomic mass is 32.2. The lowest BCUT2D eigenvalue weighted by Crippen LogP contribution is -2.30. The van der Waals surface area contributed by atoms with E-state index in [2.05, 4.69) is 10.1 Å². The zero-order valence-electron chi connectivity index (χ0n) is 13.4. The van der Waals surface area contributed by atoms with Crippen molar-refractivity contribution in [3.63, 3.8) is 0 Å². The van der Waals surface area contributed by atoms with Crippen molar-refractivity contribution in [3.05, 3.63) is 72.3 Å². The van der Waals surface area contributed by atoms with E-state index >= 15 is 0 Å². The van der Waals surface area contributed by atoms with Crippen LogP contribution < -0.4 is 4.72 Å². The average molecular weight is 396 g/mol. The fourth-order valence-corrected chi connectivity index (χ4v) is 3.04. The number of amides is 1. The molecule has 3 aromatic rings. The van der Waals surface area contributed by atoms with Gasteiger partial charge in [-0.1, -0.05) is 18.2 Å². The first-order valence-electron chi connectivity index (χ1n) is 7.37. The maximum absolute atomic E-state index is 12.7. The van der Waals surface area contributed by atoms with Crippen molar-refractivity contribution in [1.82, 2.24) is 19.5 Å². The van der Waals surface area contributed by atoms with E-state index in [-0.39, 0.29) is 4.90 Å². The molecule has 2 heterocycles. The fourth-order valence-electron chi connectivity index (χ4n) is 2.13. The molecule has 0 radical (unpaired) electrons. The van der Waals surface area contributed by atoms with Gasteiger partial charge in [0.25, 0.3) is 15.9 Å². The van der Waals surface area contributed by atoms with Gasteiger partial charge in [-0.15, -0.1) is 0 Å². The number of hydrogen-bond donors (Lipinski definition) is 1. The molecule has 0 saturated heterocycles. The van der Waals surface area contributed by atoms with Crippen LogP contribution in [-0.4, -0.2) is 29.1 Å². The van der Waals surface area contributed by atoms with Crippen LogP contribution in [0.25, 0.3) is 5.69 Å². The average Bonchev–Trinajstić information content (AvgIpc) is 3.13. The minimum absolute atomic E-state index is 0.315. The van der Waals surface area contributed by atoms with Crippen molar-refractivity contribution in [2.45, 2.75) is 11.1 Å². The second kappa shape index (κ2) is 6.83. The van der Waals surface area contributed by atoms with Crippen molar-refractivity contribution in [3.8, 4) is 5.69 Å². The highest BCUT2D eigenvalue weighted by Crippen LogP contribution is 2.27. The number of sulfonamides is 1. The maximum atomic E-state index is 12.7. The van der Waals surface area contributed by atoms with Crippen molar-refractivity contribution in [2.24, 2.45) is 0 Å². The van der Waals surface area contributed by atoms with Gasteiger partial charge in [0.2, 0.25) is 0 Å². The van der Waals surface area contributed by atoms with Gasteiger partial charge in [0.15, 0.2) is 0 Å². The summed E-state index contributed by atoms with van der Waals surface area (Å²) in [5.41, 5.74) is -1.20. The zero-order valence-corrected chi connectivity index (χ0v) is 14.2. The third-order valence-electron chi connectivity index (χ3n) is 3.43. The molecule has 0 aliphatic rings. The molecule has 1 amide bonds. The Morgan fingerprint density at radius 1 is 1.11 bits per heavy atom. The van der Waals surface area contributed by atoms with Gasteiger partial charge in [-0.3, -0.25) is 9.78 Å². The summed E-state index contributed by atoms with van der Waals surface area (Å²) >= 11 is 0. The number of alkyl halides is 3. The first kappa shape index (κ1) is 18.6. The summed E-state index contributed by atoms with van der Waals surface area (Å²) in [5.74, 6) is -1.21. The number of para-hydroxylation sites is 1. The summed E-state index contributed by atoms with van der Waals surface area (Å²) in [4.78, 5) is 14.9. The third-order valence-corrected chi connectivity index (χ3v) is 4.72. The molecule has 0 aliphatic carbocycles. The Morgan fingerprint density at radius 3 is 2.48 bits per heavy atom. The number of halogens is 3. The monoisotopic (exact) mass is 396 g/mol. The van der Waals surface area contributed by atoms with Gasteiger partial charge in [-0.25, -0.2) is 17.8 Å². The number of pyridine rings is 1. The van der Waals surface area contributed by atoms with Crippen molar-refractivity contribution in [2.75, 3.05) is 0 Å². The Labute approximate surface area is 151 Å². The summed E-state index contributed by atoms with van der Waals surface area (Å²) in [6.45, 7) is 0. The van der Waals surface area contributed by atoms with Crippen molar-refractivity contribution >= 4 is 15.9 Å². The molecule has 0 aliphatic heterocycles. The van der Waals surface area contributed by atoms with Crippen LogP contribution in [0.15, 0.2) is 66.0 Å². The zero-order chi connectivity index (χ0) is 19.7. The molecule has 0 unspecified atom stereocenters. The maximum Gasteiger partial charge on any atom is 0.433 e. The quantitative estimate of drug-likeness (QED) is 0.731. The molecule has 1 N–H and O–H groups in total. The van der Waals surface area contributed by atoms with Crippen LogP contribution in [0.4, 0.5) is 13.2 Å². The fraction of sp³-hybridized carbons (Fsp3) is 0.0625. The number of benzene rings is 1. The Balaban J connectivity index is 1.83. The summed E-state index contributed by atoms with van der Waals surface area (Å²) in [5, 5.41) is 3.91. The molecule has 0 atom stereocenters. The van der Waals surface area contributed by atoms with Crippen LogP contribution in [0, 0.1) is 0 Å². The Kier molecular flexibility index (Phi) is 4.70. The van der Waals surface area contributed by atoms with E-state index in [0.717, 1.165) is 18.5 Å². The Hall–Kier alpha value is -3.21. The van der Waals surface area contributed by atoms with Crippen LogP contribution in [-0.2, 0) is 16.2 Å². The molecule has 140 valence electrons. The largest absolute Gasteiger partial charge is 0.433 e. The third kappa shape index (κ3) is 4.14. The summed E-state index contributed by atoms with van der Waals surface area (Å²) in [6.07, 6.45) is -1.78. The highest BCUT2D eigenvalue weighted by Gasteiger charge is 2.33. The summed E-state index contributed by atoms with van der Waals surface area (Å²) in [6, 6.07) is 10.1. The molecule has 0 bridgehead atoms. The molecular weight excluding hydrogens is 385 g/mol. The molecule has 2 aromatic heterocycles. The van der Waals surface area contributed by atoms with Crippen LogP contribution in [0.2, 0.25) is 0 Å². The lowest BCUT2D eigenvalue weighted by Gasteiger charge is -2.08. The lowest BCUT2D eigenvalue weighted by molar-refractivity contribution is -0.141. The number of nitrogens with zero attached hydrogens (tertiary/aromatic N) is 3. The minimum Gasteiger partial charge on any atom is -0.268 e. The Bertz CT molecular complexity index is 1080. The second-order valence-corrected chi connectivity index (χ2v) is 7.00. The summed E-state index contributed by atoms with van der Waals surface area (Å²) in [7, 11) is -4.33. The van der Waals surface area contributed by atoms with Gasteiger partial charge < -0.3 is 0 Å². The highest BCUT2D eigenvalue weighted by molar-refractivity contribution is 7.90. The molecule has 11 heteroatoms. The summed E-state index contributed by atoms with van der Waals surface area (Å²) < 4.78 is 65.7. The number of aromatic nitrogens is 3. The predicted molar refractivity (Wildman–Crippen MR) is 87.5 cm³/mol. The number of carbonyl (C=O) groups is 1. The number of carbonyl (C=O) groups excluding carboxylic acids is 1. The lowest BCUT2D eigenvalue weighted by atomic mass is 10.2. The van der Waals surface area contributed by atoms with Crippen molar-refractivity contribution < 1.29 is 26.4 Å². The normalized spacial score (nSPS) is 12.0. The van der Waals surface area contributed by atoms with Gasteiger partial charge in [-0.05, 0) is 24.3 Å². The molecule has 0 spiro atoms. The smallest absolute Gasteiger partial charge is 0.268 e. The number of rotatable bonds is 4. The second-order valence-electron chi connectivity index (χ2n) is 5.32. The molecule has 3 rings (SSSR count). The number of hydrogen-bond acceptors (Lipinski definition) is 5. The van der Waals surface area contributed by atoms with Gasteiger partial charge in [0, 0.05) is 11.8 Å². The van der Waals surface area contributed by atoms with E-state index in [4.69, 9.17) is 0 Å². The standard InChI is InChI=1S/C16H11F3N4O3S/c17-16(18,19)14-8-11(6-7-20-14)15(24)22-27(25,26)13-9-21-23(10-13)12-4-2-1-3-5-12/h1-10H,(H,22,24). The molecule has 27 heavy (non-hydrogen) atoms. The molecule has 1 aromatic carbocycles. The van der Waals surface area contributed by atoms with E-state index in [9.17, 15) is 26.4 Å². The predicted octanol–water partition coefficient (Wildman–Crippen LogP) is 2.40. The van der Waals surface area contributed by atoms with E-state index in [1.54, 1.807) is 35.1 Å². The van der Waals surface area contributed by atoms with Gasteiger partial charge >= 0.3 is 6.18 Å². The van der Waals surface area contributed by atoms with Crippen LogP contribution in [0.1, 0.15) is 16.1 Å². The van der Waals surface area contributed by atoms with E-state index in [1.807, 2.05) is 0 Å². The van der Waals surface area contributed by atoms with Crippen LogP contribution in [0.5, 0.6) is 0 Å². The Morgan fingerprint density at radius 2 is 1.81 bits per heavy atom. The number of nitrogens with one attached hydrogen (secondary N) is 1. The van der Waals surface area contributed by atoms with Gasteiger partial charge in [0.05, 0.1) is 18.1 Å². The minimum atomic E-state index is -4.76. The van der Waals surface area contributed by atoms with E-state index in [1.165, 1.54) is 10.9 Å². The van der Waals surface area contributed by atoms with Crippen LogP contribution in [0.3, 0.4) is 0 Å². The van der Waals surface area contributed by atoms with E-state index in [0.29, 0.717) is 11.8 Å². The first-order valence-corrected chi connectivity index (χ1v) is 8.86. The molecule has 0 saturated carbocycles. The SMILES string of the molecule is O=C(NS(=O)(=O)c1cnn(-c2ccccc2)c1)c1ccnc(C(F)(F)F)c1. The van der Waals surface area contributed by atoms with Gasteiger partial charge in [0.1, 0.15) is 10.6 Å². The first-order chi connectivity index (χ1) is 12.7. The molecular formula is C16H11F3N4O3S. The van der Waals surface area contributed by atoms with Crippen LogP contribution >= 0.6 is 0 Å². The van der Waals surface area contributed by atoms with E-state index < -0.39 is 33.4 Å². The molecule has 7 nitrogen and oxygen atoms in total. The topological polar surface area (TPSA) is 94.0 Å². The van der Waals surface area contributed by atoms with Gasteiger partial charge in [-0.2, -0.15) is 18.3 Å². The van der Waals surface area contributed by atoms with Crippen molar-refractivity contribution in [1.29, 1.82) is 0 Å².